The van der Waals surface area contributed by atoms with Crippen LogP contribution in [0.3, 0.4) is 0 Å². The number of esters is 1. The second-order valence-corrected chi connectivity index (χ2v) is 7.02. The van der Waals surface area contributed by atoms with E-state index >= 15 is 0 Å². The summed E-state index contributed by atoms with van der Waals surface area (Å²) in [4.78, 5) is 40.8. The van der Waals surface area contributed by atoms with Crippen molar-refractivity contribution in [3.8, 4) is 0 Å². The first-order valence-electron chi connectivity index (χ1n) is 9.75. The lowest BCUT2D eigenvalue weighted by Crippen LogP contribution is -2.42. The zero-order chi connectivity index (χ0) is 20.9. The minimum atomic E-state index is -1.06. The summed E-state index contributed by atoms with van der Waals surface area (Å²) in [6, 6.07) is 17.1. The maximum Gasteiger partial charge on any atom is 0.332 e. The molecule has 2 aliphatic heterocycles. The van der Waals surface area contributed by atoms with Gasteiger partial charge in [0.2, 0.25) is 12.0 Å². The third-order valence-electron chi connectivity index (χ3n) is 5.01. The van der Waals surface area contributed by atoms with Gasteiger partial charge < -0.3 is 15.4 Å². The van der Waals surface area contributed by atoms with E-state index < -0.39 is 18.0 Å². The van der Waals surface area contributed by atoms with Gasteiger partial charge >= 0.3 is 5.97 Å². The number of rotatable bonds is 7. The molecule has 2 aromatic carbocycles. The van der Waals surface area contributed by atoms with Gasteiger partial charge in [0.1, 0.15) is 0 Å². The van der Waals surface area contributed by atoms with Crippen molar-refractivity contribution < 1.29 is 19.1 Å². The number of benzene rings is 2. The van der Waals surface area contributed by atoms with Crippen LogP contribution in [0.4, 0.5) is 0 Å². The summed E-state index contributed by atoms with van der Waals surface area (Å²) in [6.07, 6.45) is 0.870. The van der Waals surface area contributed by atoms with Crippen LogP contribution < -0.4 is 10.6 Å². The second kappa shape index (κ2) is 8.73. The molecule has 0 fully saturated rings. The molecular formula is C23H21N3O4. The zero-order valence-electron chi connectivity index (χ0n) is 16.3. The number of fused-ring (bicyclic) bond motifs is 1. The molecule has 30 heavy (non-hydrogen) atoms. The van der Waals surface area contributed by atoms with Crippen LogP contribution in [0.1, 0.15) is 23.1 Å². The number of aliphatic imine (C=N–C) groups is 1. The minimum Gasteiger partial charge on any atom is -0.444 e. The molecule has 0 bridgehead atoms. The Kier molecular flexibility index (Phi) is 5.70. The predicted octanol–water partition coefficient (Wildman–Crippen LogP) is 1.62. The van der Waals surface area contributed by atoms with Crippen molar-refractivity contribution in [2.45, 2.75) is 19.1 Å². The summed E-state index contributed by atoms with van der Waals surface area (Å²) in [5, 5.41) is 5.32. The zero-order valence-corrected chi connectivity index (χ0v) is 16.3. The van der Waals surface area contributed by atoms with Crippen molar-refractivity contribution >= 4 is 29.1 Å². The van der Waals surface area contributed by atoms with E-state index in [-0.39, 0.29) is 12.5 Å². The third kappa shape index (κ3) is 4.30. The van der Waals surface area contributed by atoms with Crippen LogP contribution in [0.2, 0.25) is 0 Å². The highest BCUT2D eigenvalue weighted by Gasteiger charge is 2.33. The average molecular weight is 403 g/mol. The molecule has 152 valence electrons. The summed E-state index contributed by atoms with van der Waals surface area (Å²) < 4.78 is 5.11. The summed E-state index contributed by atoms with van der Waals surface area (Å²) in [5.41, 5.74) is 4.51. The van der Waals surface area contributed by atoms with Gasteiger partial charge in [-0.1, -0.05) is 54.6 Å². The van der Waals surface area contributed by atoms with Crippen LogP contribution in [0, 0.1) is 0 Å². The maximum absolute atomic E-state index is 12.5. The Morgan fingerprint density at radius 1 is 1.03 bits per heavy atom. The van der Waals surface area contributed by atoms with Crippen LogP contribution in [-0.2, 0) is 25.7 Å². The Bertz CT molecular complexity index is 1040. The maximum atomic E-state index is 12.5. The molecule has 4 rings (SSSR count). The number of carbonyl (C=O) groups excluding carboxylic acids is 3. The predicted molar refractivity (Wildman–Crippen MR) is 112 cm³/mol. The number of nitrogens with one attached hydrogen (secondary N) is 2. The fraction of sp³-hybridized carbons (Fsp3) is 0.217. The van der Waals surface area contributed by atoms with Gasteiger partial charge in [0.15, 0.2) is 0 Å². The first-order valence-corrected chi connectivity index (χ1v) is 9.75. The van der Waals surface area contributed by atoms with Crippen molar-refractivity contribution in [1.82, 2.24) is 10.6 Å². The molecule has 2 heterocycles. The summed E-state index contributed by atoms with van der Waals surface area (Å²) in [7, 11) is 0. The molecule has 7 nitrogen and oxygen atoms in total. The first-order chi connectivity index (χ1) is 14.6. The van der Waals surface area contributed by atoms with Crippen molar-refractivity contribution in [2.75, 3.05) is 13.1 Å². The number of nitrogens with zero attached hydrogens (tertiary/aromatic N) is 1. The minimum absolute atomic E-state index is 0.196. The number of hydrogen-bond acceptors (Lipinski definition) is 5. The van der Waals surface area contributed by atoms with Crippen LogP contribution in [0.15, 0.2) is 65.7 Å². The van der Waals surface area contributed by atoms with Gasteiger partial charge in [0.25, 0.3) is 5.91 Å². The molecule has 2 aliphatic rings. The first kappa shape index (κ1) is 19.6. The van der Waals surface area contributed by atoms with Crippen LogP contribution >= 0.6 is 0 Å². The van der Waals surface area contributed by atoms with Gasteiger partial charge in [0.05, 0.1) is 13.1 Å². The van der Waals surface area contributed by atoms with Gasteiger partial charge in [-0.05, 0) is 11.1 Å². The molecule has 0 spiro atoms. The van der Waals surface area contributed by atoms with Crippen LogP contribution in [0.5, 0.6) is 0 Å². The summed E-state index contributed by atoms with van der Waals surface area (Å²) >= 11 is 0. The Hall–Kier alpha value is -3.74. The van der Waals surface area contributed by atoms with Crippen molar-refractivity contribution in [1.29, 1.82) is 0 Å². The molecule has 1 atom stereocenters. The molecule has 2 N–H and O–H groups in total. The molecule has 0 radical (unpaired) electrons. The lowest BCUT2D eigenvalue weighted by molar-refractivity contribution is -0.145. The lowest BCUT2D eigenvalue weighted by atomic mass is 10.0. The van der Waals surface area contributed by atoms with E-state index in [1.807, 2.05) is 42.5 Å². The van der Waals surface area contributed by atoms with E-state index in [4.69, 9.17) is 4.74 Å². The SMILES string of the molecule is O=C(CNC(=O)C1OC(=O)C=C1c1ccccc1)NCCC1=NCc2ccccc21. The van der Waals surface area contributed by atoms with E-state index in [1.165, 1.54) is 11.6 Å². The quantitative estimate of drug-likeness (QED) is 0.687. The second-order valence-electron chi connectivity index (χ2n) is 7.02. The molecular weight excluding hydrogens is 382 g/mol. The number of amides is 2. The molecule has 0 aliphatic carbocycles. The molecule has 2 aromatic rings. The number of cyclic esters (lactones) is 1. The normalized spacial score (nSPS) is 16.9. The summed E-state index contributed by atoms with van der Waals surface area (Å²) in [6.45, 7) is 0.903. The number of ether oxygens (including phenoxy) is 1. The monoisotopic (exact) mass is 403 g/mol. The fourth-order valence-electron chi connectivity index (χ4n) is 3.54. The number of carbonyl (C=O) groups is 3. The molecule has 2 amide bonds. The van der Waals surface area contributed by atoms with Crippen molar-refractivity contribution in [3.63, 3.8) is 0 Å². The highest BCUT2D eigenvalue weighted by Crippen LogP contribution is 2.26. The summed E-state index contributed by atoms with van der Waals surface area (Å²) in [5.74, 6) is -1.42. The van der Waals surface area contributed by atoms with Gasteiger partial charge in [0, 0.05) is 35.9 Å². The average Bonchev–Trinajstić information content (AvgIpc) is 3.36. The largest absolute Gasteiger partial charge is 0.444 e. The fourth-order valence-corrected chi connectivity index (χ4v) is 3.54. The van der Waals surface area contributed by atoms with E-state index in [9.17, 15) is 14.4 Å². The Morgan fingerprint density at radius 2 is 1.80 bits per heavy atom. The van der Waals surface area contributed by atoms with E-state index in [0.29, 0.717) is 25.1 Å². The van der Waals surface area contributed by atoms with Crippen LogP contribution in [-0.4, -0.2) is 42.7 Å². The van der Waals surface area contributed by atoms with Gasteiger partial charge in [-0.25, -0.2) is 4.79 Å². The lowest BCUT2D eigenvalue weighted by Gasteiger charge is -2.14. The van der Waals surface area contributed by atoms with Crippen LogP contribution in [0.25, 0.3) is 5.57 Å². The molecule has 0 saturated heterocycles. The Labute approximate surface area is 173 Å². The van der Waals surface area contributed by atoms with E-state index in [1.54, 1.807) is 12.1 Å². The van der Waals surface area contributed by atoms with E-state index in [2.05, 4.69) is 15.6 Å². The Morgan fingerprint density at radius 3 is 2.63 bits per heavy atom. The van der Waals surface area contributed by atoms with Gasteiger partial charge in [-0.3, -0.25) is 14.6 Å². The molecule has 0 aromatic heterocycles. The van der Waals surface area contributed by atoms with Crippen molar-refractivity contribution in [2.24, 2.45) is 4.99 Å². The van der Waals surface area contributed by atoms with E-state index in [0.717, 1.165) is 16.8 Å². The third-order valence-corrected chi connectivity index (χ3v) is 5.01. The Balaban J connectivity index is 1.25. The van der Waals surface area contributed by atoms with Gasteiger partial charge in [-0.2, -0.15) is 0 Å². The number of hydrogen-bond donors (Lipinski definition) is 2. The standard InChI is InChI=1S/C23H21N3O4/c27-20(24-11-10-19-17-9-5-4-8-16(17)13-25-19)14-26-23(29)22-18(12-21(28)30-22)15-6-2-1-3-7-15/h1-9,12,22H,10-11,13-14H2,(H,24,27)(H,26,29). The smallest absolute Gasteiger partial charge is 0.332 e. The van der Waals surface area contributed by atoms with Crippen molar-refractivity contribution in [3.05, 3.63) is 77.4 Å². The highest BCUT2D eigenvalue weighted by atomic mass is 16.6. The molecule has 7 heteroatoms. The molecule has 1 unspecified atom stereocenters. The highest BCUT2D eigenvalue weighted by molar-refractivity contribution is 6.07. The molecule has 0 saturated carbocycles. The topological polar surface area (TPSA) is 96.9 Å². The van der Waals surface area contributed by atoms with Gasteiger partial charge in [-0.15, -0.1) is 0 Å².